The molecule has 0 aliphatic rings. The van der Waals surface area contributed by atoms with Crippen molar-refractivity contribution in [1.29, 1.82) is 0 Å². The summed E-state index contributed by atoms with van der Waals surface area (Å²) in [6.45, 7) is 0. The van der Waals surface area contributed by atoms with Crippen LogP contribution in [0, 0.1) is 0 Å². The van der Waals surface area contributed by atoms with Gasteiger partial charge in [0.1, 0.15) is 0 Å². The van der Waals surface area contributed by atoms with Gasteiger partial charge in [0.05, 0.1) is 22.1 Å². The minimum Gasteiger partial charge on any atom is -0.309 e. The number of nitrogens with zero attached hydrogens (tertiary/aromatic N) is 2. The minimum absolute atomic E-state index is 1.18. The van der Waals surface area contributed by atoms with Gasteiger partial charge in [0.25, 0.3) is 0 Å². The van der Waals surface area contributed by atoms with Gasteiger partial charge in [-0.05, 0) is 89.0 Å². The van der Waals surface area contributed by atoms with E-state index >= 15 is 0 Å². The summed E-state index contributed by atoms with van der Waals surface area (Å²) in [4.78, 5) is 0. The second-order valence-electron chi connectivity index (χ2n) is 13.3. The number of thiophene rings is 1. The zero-order valence-corrected chi connectivity index (χ0v) is 28.4. The molecule has 2 nitrogen and oxygen atoms in total. The molecule has 11 rings (SSSR count). The Morgan fingerprint density at radius 2 is 0.863 bits per heavy atom. The Kier molecular flexibility index (Phi) is 6.16. The van der Waals surface area contributed by atoms with Crippen LogP contribution in [0.25, 0.3) is 97.4 Å². The van der Waals surface area contributed by atoms with Crippen molar-refractivity contribution < 1.29 is 0 Å². The first-order valence-electron chi connectivity index (χ1n) is 17.4. The molecule has 3 heterocycles. The lowest BCUT2D eigenvalue weighted by Gasteiger charge is -2.09. The van der Waals surface area contributed by atoms with Crippen molar-refractivity contribution >= 4 is 75.1 Å². The zero-order valence-electron chi connectivity index (χ0n) is 27.6. The Labute approximate surface area is 298 Å². The van der Waals surface area contributed by atoms with Crippen molar-refractivity contribution in [3.05, 3.63) is 182 Å². The van der Waals surface area contributed by atoms with Gasteiger partial charge in [0.2, 0.25) is 0 Å². The van der Waals surface area contributed by atoms with Crippen LogP contribution in [0.5, 0.6) is 0 Å². The first-order valence-corrected chi connectivity index (χ1v) is 18.3. The number of rotatable bonds is 4. The standard InChI is InChI=1S/C48H30N2S/c1-3-15-34(16-4-1)49-43-23-9-7-19-37(43)40-28-32(25-26-45(40)49)31-13-11-14-33(27-31)36-21-12-22-39-42-29-46-41(30-47(42)51-48(36)39)38-20-8-10-24-44(38)50(46)35-17-5-2-6-18-35/h1-30H. The van der Waals surface area contributed by atoms with Crippen LogP contribution < -0.4 is 0 Å². The molecule has 11 aromatic rings. The van der Waals surface area contributed by atoms with Crippen molar-refractivity contribution in [1.82, 2.24) is 9.13 Å². The van der Waals surface area contributed by atoms with Crippen LogP contribution in [-0.2, 0) is 0 Å². The summed E-state index contributed by atoms with van der Waals surface area (Å²) in [5.41, 5.74) is 12.2. The molecule has 0 N–H and O–H groups in total. The summed E-state index contributed by atoms with van der Waals surface area (Å²) < 4.78 is 7.43. The second-order valence-corrected chi connectivity index (χ2v) is 14.4. The average molecular weight is 667 g/mol. The molecule has 0 aliphatic heterocycles. The fourth-order valence-electron chi connectivity index (χ4n) is 8.22. The van der Waals surface area contributed by atoms with Crippen molar-refractivity contribution in [3.63, 3.8) is 0 Å². The van der Waals surface area contributed by atoms with Crippen LogP contribution in [0.3, 0.4) is 0 Å². The Bertz CT molecular complexity index is 3130. The molecule has 3 aromatic heterocycles. The maximum absolute atomic E-state index is 2.42. The summed E-state index contributed by atoms with van der Waals surface area (Å²) >= 11 is 1.91. The number of hydrogen-bond donors (Lipinski definition) is 0. The first kappa shape index (κ1) is 28.4. The van der Waals surface area contributed by atoms with Gasteiger partial charge in [-0.25, -0.2) is 0 Å². The Morgan fingerprint density at radius 1 is 0.314 bits per heavy atom. The van der Waals surface area contributed by atoms with Gasteiger partial charge in [0.15, 0.2) is 0 Å². The maximum atomic E-state index is 2.42. The topological polar surface area (TPSA) is 9.86 Å². The Balaban J connectivity index is 1.07. The molecule has 0 bridgehead atoms. The highest BCUT2D eigenvalue weighted by molar-refractivity contribution is 7.26. The first-order chi connectivity index (χ1) is 25.3. The largest absolute Gasteiger partial charge is 0.309 e. The third kappa shape index (κ3) is 4.29. The van der Waals surface area contributed by atoms with E-state index in [0.29, 0.717) is 0 Å². The zero-order chi connectivity index (χ0) is 33.5. The lowest BCUT2D eigenvalue weighted by atomic mass is 9.97. The van der Waals surface area contributed by atoms with E-state index in [1.165, 1.54) is 97.4 Å². The molecule has 0 spiro atoms. The molecule has 8 aromatic carbocycles. The highest BCUT2D eigenvalue weighted by atomic mass is 32.1. The number of aromatic nitrogens is 2. The Hall–Kier alpha value is -6.42. The van der Waals surface area contributed by atoms with Gasteiger partial charge in [-0.3, -0.25) is 0 Å². The molecule has 238 valence electrons. The fourth-order valence-corrected chi connectivity index (χ4v) is 9.48. The quantitative estimate of drug-likeness (QED) is 0.177. The molecule has 0 saturated heterocycles. The molecule has 0 saturated carbocycles. The van der Waals surface area contributed by atoms with Gasteiger partial charge in [-0.15, -0.1) is 11.3 Å². The minimum atomic E-state index is 1.18. The third-order valence-electron chi connectivity index (χ3n) is 10.5. The Morgan fingerprint density at radius 3 is 1.59 bits per heavy atom. The van der Waals surface area contributed by atoms with E-state index < -0.39 is 0 Å². The number of fused-ring (bicyclic) bond motifs is 9. The van der Waals surface area contributed by atoms with Crippen molar-refractivity contribution in [3.8, 4) is 33.6 Å². The van der Waals surface area contributed by atoms with Crippen LogP contribution in [-0.4, -0.2) is 9.13 Å². The number of hydrogen-bond acceptors (Lipinski definition) is 1. The van der Waals surface area contributed by atoms with Crippen LogP contribution in [0.15, 0.2) is 182 Å². The molecular formula is C48H30N2S. The van der Waals surface area contributed by atoms with Crippen molar-refractivity contribution in [2.45, 2.75) is 0 Å². The van der Waals surface area contributed by atoms with Crippen LogP contribution in [0.2, 0.25) is 0 Å². The van der Waals surface area contributed by atoms with E-state index in [4.69, 9.17) is 0 Å². The van der Waals surface area contributed by atoms with Crippen LogP contribution >= 0.6 is 11.3 Å². The molecule has 0 unspecified atom stereocenters. The van der Waals surface area contributed by atoms with Crippen molar-refractivity contribution in [2.75, 3.05) is 0 Å². The molecule has 0 fully saturated rings. The van der Waals surface area contributed by atoms with Gasteiger partial charge in [-0.2, -0.15) is 0 Å². The van der Waals surface area contributed by atoms with Gasteiger partial charge >= 0.3 is 0 Å². The van der Waals surface area contributed by atoms with Gasteiger partial charge in [-0.1, -0.05) is 115 Å². The van der Waals surface area contributed by atoms with Gasteiger partial charge < -0.3 is 9.13 Å². The molecule has 0 aliphatic carbocycles. The molecular weight excluding hydrogens is 637 g/mol. The smallest absolute Gasteiger partial charge is 0.0548 e. The predicted octanol–water partition coefficient (Wildman–Crippen LogP) is 13.6. The fraction of sp³-hybridized carbons (Fsp3) is 0. The molecule has 51 heavy (non-hydrogen) atoms. The summed E-state index contributed by atoms with van der Waals surface area (Å²) in [5.74, 6) is 0. The van der Waals surface area contributed by atoms with E-state index in [1.54, 1.807) is 0 Å². The van der Waals surface area contributed by atoms with Gasteiger partial charge in [0, 0.05) is 53.1 Å². The van der Waals surface area contributed by atoms with E-state index in [-0.39, 0.29) is 0 Å². The monoisotopic (exact) mass is 666 g/mol. The maximum Gasteiger partial charge on any atom is 0.0548 e. The van der Waals surface area contributed by atoms with Crippen molar-refractivity contribution in [2.24, 2.45) is 0 Å². The molecule has 0 atom stereocenters. The lowest BCUT2D eigenvalue weighted by molar-refractivity contribution is 1.18. The van der Waals surface area contributed by atoms with E-state index in [0.717, 1.165) is 0 Å². The summed E-state index contributed by atoms with van der Waals surface area (Å²) in [7, 11) is 0. The predicted molar refractivity (Wildman–Crippen MR) is 219 cm³/mol. The molecule has 3 heteroatoms. The van der Waals surface area contributed by atoms with Crippen LogP contribution in [0.4, 0.5) is 0 Å². The van der Waals surface area contributed by atoms with Crippen LogP contribution in [0.1, 0.15) is 0 Å². The summed E-state index contributed by atoms with van der Waals surface area (Å²) in [6.07, 6.45) is 0. The average Bonchev–Trinajstić information content (AvgIpc) is 3.84. The van der Waals surface area contributed by atoms with E-state index in [1.807, 2.05) is 11.3 Å². The normalized spacial score (nSPS) is 11.9. The number of para-hydroxylation sites is 4. The van der Waals surface area contributed by atoms with E-state index in [9.17, 15) is 0 Å². The second kappa shape index (κ2) is 11.0. The molecule has 0 radical (unpaired) electrons. The summed E-state index contributed by atoms with van der Waals surface area (Å²) in [5, 5.41) is 7.72. The van der Waals surface area contributed by atoms with E-state index in [2.05, 4.69) is 191 Å². The number of benzene rings is 8. The highest BCUT2D eigenvalue weighted by Gasteiger charge is 2.18. The third-order valence-corrected chi connectivity index (χ3v) is 11.7. The summed E-state index contributed by atoms with van der Waals surface area (Å²) in [6, 6.07) is 66.5. The lowest BCUT2D eigenvalue weighted by Crippen LogP contribution is -1.92. The molecule has 0 amide bonds. The highest BCUT2D eigenvalue weighted by Crippen LogP contribution is 2.44. The SMILES string of the molecule is c1ccc(-n2c3ccccc3c3cc(-c4cccc(-c5cccc6c5sc5cc7c8ccccc8n(-c8ccccc8)c7cc56)c4)ccc32)cc1.